The van der Waals surface area contributed by atoms with Crippen LogP contribution in [0.2, 0.25) is 0 Å². The summed E-state index contributed by atoms with van der Waals surface area (Å²) in [6.07, 6.45) is 2.65. The molecule has 0 unspecified atom stereocenters. The molecule has 7 nitrogen and oxygen atoms in total. The number of carbonyl (C=O) groups is 2. The molecule has 3 aromatic rings. The van der Waals surface area contributed by atoms with Crippen LogP contribution in [0.25, 0.3) is 11.1 Å². The van der Waals surface area contributed by atoms with Crippen LogP contribution in [-0.2, 0) is 14.2 Å². The average Bonchev–Trinajstić information content (AvgIpc) is 2.97. The minimum atomic E-state index is -0.461. The molecule has 0 radical (unpaired) electrons. The van der Waals surface area contributed by atoms with Crippen molar-refractivity contribution in [1.82, 2.24) is 0 Å². The van der Waals surface area contributed by atoms with Crippen LogP contribution in [0.4, 0.5) is 0 Å². The second-order valence-electron chi connectivity index (χ2n) is 8.95. The van der Waals surface area contributed by atoms with Gasteiger partial charge in [0, 0.05) is 0 Å². The first-order valence-electron chi connectivity index (χ1n) is 13.1. The summed E-state index contributed by atoms with van der Waals surface area (Å²) in [5.74, 6) is 0.626. The van der Waals surface area contributed by atoms with Crippen molar-refractivity contribution in [1.29, 1.82) is 0 Å². The van der Waals surface area contributed by atoms with Crippen LogP contribution in [-0.4, -0.2) is 51.6 Å². The molecule has 0 N–H and O–H groups in total. The van der Waals surface area contributed by atoms with E-state index in [2.05, 4.69) is 13.5 Å². The van der Waals surface area contributed by atoms with Gasteiger partial charge in [0.1, 0.15) is 18.1 Å². The Balaban J connectivity index is 1.44. The topological polar surface area (TPSA) is 80.3 Å². The summed E-state index contributed by atoms with van der Waals surface area (Å²) < 4.78 is 27.2. The molecule has 3 aromatic carbocycles. The van der Waals surface area contributed by atoms with Crippen molar-refractivity contribution in [2.45, 2.75) is 20.3 Å². The zero-order valence-electron chi connectivity index (χ0n) is 22.6. The van der Waals surface area contributed by atoms with Gasteiger partial charge in [0.25, 0.3) is 0 Å². The van der Waals surface area contributed by atoms with Gasteiger partial charge in [-0.1, -0.05) is 50.6 Å². The second kappa shape index (κ2) is 16.1. The van der Waals surface area contributed by atoms with E-state index in [1.807, 2.05) is 31.2 Å². The Labute approximate surface area is 230 Å². The minimum absolute atomic E-state index is 0.321. The zero-order chi connectivity index (χ0) is 27.9. The van der Waals surface area contributed by atoms with E-state index in [-0.39, 0.29) is 5.97 Å². The molecule has 0 heterocycles. The van der Waals surface area contributed by atoms with E-state index in [1.54, 1.807) is 54.6 Å². The Morgan fingerprint density at radius 2 is 1.28 bits per heavy atom. The molecule has 0 amide bonds. The van der Waals surface area contributed by atoms with Crippen molar-refractivity contribution < 1.29 is 33.3 Å². The van der Waals surface area contributed by atoms with Crippen molar-refractivity contribution in [3.63, 3.8) is 0 Å². The van der Waals surface area contributed by atoms with E-state index in [9.17, 15) is 9.59 Å². The molecular formula is C32H36O7. The van der Waals surface area contributed by atoms with E-state index in [4.69, 9.17) is 23.7 Å². The van der Waals surface area contributed by atoms with E-state index in [0.29, 0.717) is 68.2 Å². The Hall–Kier alpha value is -3.94. The predicted octanol–water partition coefficient (Wildman–Crippen LogP) is 6.37. The lowest BCUT2D eigenvalue weighted by molar-refractivity contribution is 0.0446. The van der Waals surface area contributed by atoms with Crippen LogP contribution in [0.1, 0.15) is 41.0 Å². The molecule has 206 valence electrons. The molecule has 0 aliphatic rings. The van der Waals surface area contributed by atoms with Gasteiger partial charge in [0.05, 0.1) is 44.2 Å². The Morgan fingerprint density at radius 1 is 0.744 bits per heavy atom. The Kier molecular flexibility index (Phi) is 12.2. The fourth-order valence-electron chi connectivity index (χ4n) is 3.39. The minimum Gasteiger partial charge on any atom is -0.491 e. The number of benzene rings is 3. The summed E-state index contributed by atoms with van der Waals surface area (Å²) in [4.78, 5) is 24.8. The van der Waals surface area contributed by atoms with Crippen LogP contribution in [0, 0.1) is 5.92 Å². The number of esters is 2. The van der Waals surface area contributed by atoms with Crippen LogP contribution in [0.5, 0.6) is 11.5 Å². The van der Waals surface area contributed by atoms with E-state index < -0.39 is 5.97 Å². The number of rotatable bonds is 16. The van der Waals surface area contributed by atoms with Crippen LogP contribution < -0.4 is 9.47 Å². The first-order chi connectivity index (χ1) is 19.0. The molecule has 3 rings (SSSR count). The van der Waals surface area contributed by atoms with Gasteiger partial charge in [-0.2, -0.15) is 0 Å². The maximum Gasteiger partial charge on any atom is 0.343 e. The molecule has 0 saturated heterocycles. The largest absolute Gasteiger partial charge is 0.491 e. The van der Waals surface area contributed by atoms with Gasteiger partial charge in [0.15, 0.2) is 0 Å². The molecule has 1 atom stereocenters. The Bertz CT molecular complexity index is 1170. The third-order valence-electron chi connectivity index (χ3n) is 5.91. The number of hydrogen-bond acceptors (Lipinski definition) is 7. The molecular weight excluding hydrogens is 496 g/mol. The van der Waals surface area contributed by atoms with Crippen molar-refractivity contribution in [3.05, 3.63) is 96.6 Å². The summed E-state index contributed by atoms with van der Waals surface area (Å²) in [6, 6.07) is 21.2. The first-order valence-corrected chi connectivity index (χ1v) is 13.1. The molecule has 7 heteroatoms. The van der Waals surface area contributed by atoms with Gasteiger partial charge in [-0.3, -0.25) is 0 Å². The second-order valence-corrected chi connectivity index (χ2v) is 8.95. The summed E-state index contributed by atoms with van der Waals surface area (Å²) in [7, 11) is 0. The molecule has 0 spiro atoms. The Morgan fingerprint density at radius 3 is 1.92 bits per heavy atom. The third-order valence-corrected chi connectivity index (χ3v) is 5.91. The lowest BCUT2D eigenvalue weighted by atomic mass is 10.0. The van der Waals surface area contributed by atoms with Crippen LogP contribution >= 0.6 is 0 Å². The van der Waals surface area contributed by atoms with Gasteiger partial charge in [-0.15, -0.1) is 6.58 Å². The van der Waals surface area contributed by atoms with Gasteiger partial charge in [-0.25, -0.2) is 9.59 Å². The highest BCUT2D eigenvalue weighted by atomic mass is 16.5. The number of hydrogen-bond donors (Lipinski definition) is 0. The smallest absolute Gasteiger partial charge is 0.343 e. The van der Waals surface area contributed by atoms with Gasteiger partial charge < -0.3 is 23.7 Å². The fraction of sp³-hybridized carbons (Fsp3) is 0.312. The number of ether oxygens (including phenoxy) is 5. The van der Waals surface area contributed by atoms with Gasteiger partial charge in [0.2, 0.25) is 0 Å². The standard InChI is InChI=1S/C32H36O7/c1-4-18-35-19-20-36-21-22-37-29-14-12-28(13-15-29)32(34)39-30-16-10-26(11-17-30)25-6-8-27(9-7-25)31(33)38-23-24(3)5-2/h4,6-17,24H,1,5,18-23H2,2-3H3/t24-/m0/s1. The molecule has 0 aliphatic carbocycles. The lowest BCUT2D eigenvalue weighted by Gasteiger charge is -2.10. The van der Waals surface area contributed by atoms with Crippen molar-refractivity contribution in [2.75, 3.05) is 39.6 Å². The summed E-state index contributed by atoms with van der Waals surface area (Å²) in [5, 5.41) is 0. The quantitative estimate of drug-likeness (QED) is 0.0917. The predicted molar refractivity (Wildman–Crippen MR) is 150 cm³/mol. The molecule has 0 bridgehead atoms. The maximum atomic E-state index is 12.6. The molecule has 0 aromatic heterocycles. The summed E-state index contributed by atoms with van der Waals surface area (Å²) >= 11 is 0. The fourth-order valence-corrected chi connectivity index (χ4v) is 3.39. The normalized spacial score (nSPS) is 11.4. The molecule has 0 aliphatic heterocycles. The zero-order valence-corrected chi connectivity index (χ0v) is 22.6. The van der Waals surface area contributed by atoms with E-state index in [0.717, 1.165) is 17.5 Å². The highest BCUT2D eigenvalue weighted by molar-refractivity contribution is 5.91. The van der Waals surface area contributed by atoms with E-state index in [1.165, 1.54) is 0 Å². The monoisotopic (exact) mass is 532 g/mol. The van der Waals surface area contributed by atoms with Gasteiger partial charge >= 0.3 is 11.9 Å². The van der Waals surface area contributed by atoms with E-state index >= 15 is 0 Å². The third kappa shape index (κ3) is 10.0. The number of carbonyl (C=O) groups excluding carboxylic acids is 2. The van der Waals surface area contributed by atoms with Crippen molar-refractivity contribution in [2.24, 2.45) is 5.92 Å². The first kappa shape index (κ1) is 29.6. The molecule has 0 saturated carbocycles. The summed E-state index contributed by atoms with van der Waals surface area (Å²) in [6.45, 7) is 10.4. The lowest BCUT2D eigenvalue weighted by Crippen LogP contribution is -2.11. The highest BCUT2D eigenvalue weighted by Gasteiger charge is 2.11. The van der Waals surface area contributed by atoms with Crippen LogP contribution in [0.15, 0.2) is 85.5 Å². The molecule has 0 fully saturated rings. The average molecular weight is 533 g/mol. The van der Waals surface area contributed by atoms with Gasteiger partial charge in [-0.05, 0) is 65.6 Å². The van der Waals surface area contributed by atoms with Crippen molar-refractivity contribution >= 4 is 11.9 Å². The highest BCUT2D eigenvalue weighted by Crippen LogP contribution is 2.24. The maximum absolute atomic E-state index is 12.6. The van der Waals surface area contributed by atoms with Crippen molar-refractivity contribution in [3.8, 4) is 22.6 Å². The molecule has 39 heavy (non-hydrogen) atoms. The SMILES string of the molecule is C=CCOCCOCCOc1ccc(C(=O)Oc2ccc(-c3ccc(C(=O)OC[C@@H](C)CC)cc3)cc2)cc1. The summed E-state index contributed by atoms with van der Waals surface area (Å²) in [5.41, 5.74) is 2.80. The van der Waals surface area contributed by atoms with Crippen LogP contribution in [0.3, 0.4) is 0 Å².